The van der Waals surface area contributed by atoms with Gasteiger partial charge in [-0.3, -0.25) is 0 Å². The van der Waals surface area contributed by atoms with Crippen molar-refractivity contribution < 1.29 is 0 Å². The van der Waals surface area contributed by atoms with Gasteiger partial charge in [0, 0.05) is 11.9 Å². The summed E-state index contributed by atoms with van der Waals surface area (Å²) in [6, 6.07) is 0. The van der Waals surface area contributed by atoms with Crippen molar-refractivity contribution in [2.75, 3.05) is 11.9 Å². The summed E-state index contributed by atoms with van der Waals surface area (Å²) in [7, 11) is 0. The lowest BCUT2D eigenvalue weighted by molar-refractivity contribution is 0.832. The molecular formula is C9H16N2S. The molecule has 1 aromatic rings. The maximum absolute atomic E-state index is 4.41. The molecule has 12 heavy (non-hydrogen) atoms. The third-order valence-electron chi connectivity index (χ3n) is 1.72. The monoisotopic (exact) mass is 184 g/mol. The fraction of sp³-hybridized carbons (Fsp3) is 0.667. The quantitative estimate of drug-likeness (QED) is 0.712. The fourth-order valence-corrected chi connectivity index (χ4v) is 1.75. The number of anilines is 1. The molecule has 0 spiro atoms. The molecule has 2 nitrogen and oxygen atoms in total. The van der Waals surface area contributed by atoms with E-state index >= 15 is 0 Å². The van der Waals surface area contributed by atoms with Crippen LogP contribution in [-0.4, -0.2) is 11.5 Å². The second kappa shape index (κ2) is 5.14. The standard InChI is InChI=1S/C9H16N2S/c1-3-5-6-10-9-11-8(4-2)7-12-9/h7H,3-6H2,1-2H3,(H,10,11). The normalized spacial score (nSPS) is 10.2. The van der Waals surface area contributed by atoms with Crippen molar-refractivity contribution in [1.82, 2.24) is 4.98 Å². The van der Waals surface area contributed by atoms with Crippen LogP contribution in [0.2, 0.25) is 0 Å². The van der Waals surface area contributed by atoms with Crippen LogP contribution in [-0.2, 0) is 6.42 Å². The Morgan fingerprint density at radius 3 is 2.92 bits per heavy atom. The number of unbranched alkanes of at least 4 members (excludes halogenated alkanes) is 1. The number of rotatable bonds is 5. The Kier molecular flexibility index (Phi) is 4.08. The molecular weight excluding hydrogens is 168 g/mol. The zero-order valence-corrected chi connectivity index (χ0v) is 8.58. The third kappa shape index (κ3) is 2.81. The predicted molar refractivity (Wildman–Crippen MR) is 54.9 cm³/mol. The second-order valence-electron chi connectivity index (χ2n) is 2.78. The maximum atomic E-state index is 4.41. The molecule has 0 aromatic carbocycles. The van der Waals surface area contributed by atoms with Gasteiger partial charge in [0.1, 0.15) is 0 Å². The van der Waals surface area contributed by atoms with Crippen LogP contribution >= 0.6 is 11.3 Å². The number of thiazole rings is 1. The van der Waals surface area contributed by atoms with Gasteiger partial charge in [-0.2, -0.15) is 0 Å². The van der Waals surface area contributed by atoms with E-state index in [1.807, 2.05) is 0 Å². The molecule has 0 bridgehead atoms. The average Bonchev–Trinajstić information content (AvgIpc) is 2.53. The Morgan fingerprint density at radius 2 is 2.33 bits per heavy atom. The van der Waals surface area contributed by atoms with Crippen LogP contribution in [0, 0.1) is 0 Å². The number of aryl methyl sites for hydroxylation is 1. The highest BCUT2D eigenvalue weighted by atomic mass is 32.1. The highest BCUT2D eigenvalue weighted by Crippen LogP contribution is 2.15. The fourth-order valence-electron chi connectivity index (χ4n) is 0.923. The smallest absolute Gasteiger partial charge is 0.182 e. The number of aromatic nitrogens is 1. The van der Waals surface area contributed by atoms with E-state index in [1.54, 1.807) is 11.3 Å². The molecule has 0 saturated carbocycles. The van der Waals surface area contributed by atoms with Crippen LogP contribution in [0.15, 0.2) is 5.38 Å². The van der Waals surface area contributed by atoms with Crippen molar-refractivity contribution >= 4 is 16.5 Å². The summed E-state index contributed by atoms with van der Waals surface area (Å²) in [5.41, 5.74) is 1.19. The summed E-state index contributed by atoms with van der Waals surface area (Å²) in [5.74, 6) is 0. The Morgan fingerprint density at radius 1 is 1.50 bits per heavy atom. The first-order valence-corrected chi connectivity index (χ1v) is 5.43. The van der Waals surface area contributed by atoms with Gasteiger partial charge >= 0.3 is 0 Å². The molecule has 1 rings (SSSR count). The largest absolute Gasteiger partial charge is 0.362 e. The van der Waals surface area contributed by atoms with Crippen LogP contribution in [0.5, 0.6) is 0 Å². The van der Waals surface area contributed by atoms with Crippen LogP contribution < -0.4 is 5.32 Å². The molecule has 68 valence electrons. The molecule has 0 amide bonds. The maximum Gasteiger partial charge on any atom is 0.182 e. The summed E-state index contributed by atoms with van der Waals surface area (Å²) in [6.45, 7) is 5.37. The number of hydrogen-bond acceptors (Lipinski definition) is 3. The van der Waals surface area contributed by atoms with Gasteiger partial charge in [-0.25, -0.2) is 4.98 Å². The minimum Gasteiger partial charge on any atom is -0.362 e. The van der Waals surface area contributed by atoms with E-state index in [0.717, 1.165) is 18.1 Å². The SMILES string of the molecule is CCCCNc1nc(CC)cs1. The van der Waals surface area contributed by atoms with Gasteiger partial charge in [-0.1, -0.05) is 20.3 Å². The molecule has 0 aliphatic carbocycles. The number of nitrogens with zero attached hydrogens (tertiary/aromatic N) is 1. The lowest BCUT2D eigenvalue weighted by Crippen LogP contribution is -2.00. The van der Waals surface area contributed by atoms with Gasteiger partial charge < -0.3 is 5.32 Å². The van der Waals surface area contributed by atoms with Crippen LogP contribution in [0.3, 0.4) is 0 Å². The van der Waals surface area contributed by atoms with E-state index in [2.05, 4.69) is 29.5 Å². The van der Waals surface area contributed by atoms with E-state index in [9.17, 15) is 0 Å². The molecule has 0 aliphatic rings. The molecule has 0 atom stereocenters. The van der Waals surface area contributed by atoms with Crippen molar-refractivity contribution in [3.63, 3.8) is 0 Å². The predicted octanol–water partition coefficient (Wildman–Crippen LogP) is 2.92. The first-order chi connectivity index (χ1) is 5.86. The van der Waals surface area contributed by atoms with Crippen molar-refractivity contribution in [2.24, 2.45) is 0 Å². The minimum atomic E-state index is 1.03. The van der Waals surface area contributed by atoms with Gasteiger partial charge in [-0.15, -0.1) is 11.3 Å². The van der Waals surface area contributed by atoms with E-state index in [1.165, 1.54) is 18.5 Å². The Bertz CT molecular complexity index is 220. The van der Waals surface area contributed by atoms with Crippen LogP contribution in [0.4, 0.5) is 5.13 Å². The van der Waals surface area contributed by atoms with E-state index in [4.69, 9.17) is 0 Å². The van der Waals surface area contributed by atoms with E-state index < -0.39 is 0 Å². The Balaban J connectivity index is 2.31. The summed E-state index contributed by atoms with van der Waals surface area (Å²) < 4.78 is 0. The molecule has 1 heterocycles. The van der Waals surface area contributed by atoms with Gasteiger partial charge in [0.25, 0.3) is 0 Å². The van der Waals surface area contributed by atoms with Gasteiger partial charge in [0.2, 0.25) is 0 Å². The van der Waals surface area contributed by atoms with E-state index in [-0.39, 0.29) is 0 Å². The Hall–Kier alpha value is -0.570. The highest BCUT2D eigenvalue weighted by Gasteiger charge is 1.97. The molecule has 0 radical (unpaired) electrons. The summed E-state index contributed by atoms with van der Waals surface area (Å²) >= 11 is 1.70. The molecule has 1 N–H and O–H groups in total. The highest BCUT2D eigenvalue weighted by molar-refractivity contribution is 7.13. The second-order valence-corrected chi connectivity index (χ2v) is 3.64. The van der Waals surface area contributed by atoms with Crippen molar-refractivity contribution in [2.45, 2.75) is 33.1 Å². The topological polar surface area (TPSA) is 24.9 Å². The van der Waals surface area contributed by atoms with Crippen molar-refractivity contribution in [3.05, 3.63) is 11.1 Å². The van der Waals surface area contributed by atoms with Crippen molar-refractivity contribution in [1.29, 1.82) is 0 Å². The first-order valence-electron chi connectivity index (χ1n) is 4.55. The molecule has 0 unspecified atom stereocenters. The first kappa shape index (κ1) is 9.52. The van der Waals surface area contributed by atoms with Crippen molar-refractivity contribution in [3.8, 4) is 0 Å². The van der Waals surface area contributed by atoms with E-state index in [0.29, 0.717) is 0 Å². The summed E-state index contributed by atoms with van der Waals surface area (Å²) in [6.07, 6.45) is 3.49. The number of hydrogen-bond donors (Lipinski definition) is 1. The van der Waals surface area contributed by atoms with Gasteiger partial charge in [0.15, 0.2) is 5.13 Å². The number of nitrogens with one attached hydrogen (secondary N) is 1. The van der Waals surface area contributed by atoms with Gasteiger partial charge in [0.05, 0.1) is 5.69 Å². The molecule has 3 heteroatoms. The third-order valence-corrected chi connectivity index (χ3v) is 2.57. The van der Waals surface area contributed by atoms with Crippen LogP contribution in [0.25, 0.3) is 0 Å². The van der Waals surface area contributed by atoms with Gasteiger partial charge in [-0.05, 0) is 12.8 Å². The molecule has 0 fully saturated rings. The zero-order valence-electron chi connectivity index (χ0n) is 7.76. The average molecular weight is 184 g/mol. The lowest BCUT2D eigenvalue weighted by Gasteiger charge is -1.98. The molecule has 1 aromatic heterocycles. The summed E-state index contributed by atoms with van der Waals surface area (Å²) in [4.78, 5) is 4.41. The minimum absolute atomic E-state index is 1.03. The summed E-state index contributed by atoms with van der Waals surface area (Å²) in [5, 5.41) is 6.50. The lowest BCUT2D eigenvalue weighted by atomic mass is 10.3. The molecule has 0 saturated heterocycles. The van der Waals surface area contributed by atoms with Crippen LogP contribution in [0.1, 0.15) is 32.4 Å². The Labute approximate surface area is 78.0 Å². The molecule has 0 aliphatic heterocycles. The zero-order chi connectivity index (χ0) is 8.81.